The Balaban J connectivity index is 1.58. The first-order valence-electron chi connectivity index (χ1n) is 8.83. The summed E-state index contributed by atoms with van der Waals surface area (Å²) in [7, 11) is 0. The van der Waals surface area contributed by atoms with Gasteiger partial charge in [-0.3, -0.25) is 9.59 Å². The minimum atomic E-state index is -0.0868. The van der Waals surface area contributed by atoms with Gasteiger partial charge in [0.1, 0.15) is 0 Å². The number of hydrogen-bond donors (Lipinski definition) is 1. The lowest BCUT2D eigenvalue weighted by atomic mass is 10.1. The summed E-state index contributed by atoms with van der Waals surface area (Å²) in [5.74, 6) is 0.540. The molecule has 0 fully saturated rings. The highest BCUT2D eigenvalue weighted by Gasteiger charge is 2.13. The number of Topliss-reactive ketones (excluding diaryl/α,β-unsaturated/α-hetero) is 1. The molecular formula is C21H21N3O3S. The Hall–Kier alpha value is -2.93. The highest BCUT2D eigenvalue weighted by Crippen LogP contribution is 2.25. The van der Waals surface area contributed by atoms with Gasteiger partial charge in [-0.15, -0.1) is 10.2 Å². The average Bonchev–Trinajstić information content (AvgIpc) is 3.16. The second-order valence-electron chi connectivity index (χ2n) is 6.49. The Kier molecular flexibility index (Phi) is 6.26. The van der Waals surface area contributed by atoms with Crippen molar-refractivity contribution in [3.05, 3.63) is 64.7 Å². The van der Waals surface area contributed by atoms with Gasteiger partial charge in [-0.25, -0.2) is 0 Å². The molecule has 1 heterocycles. The van der Waals surface area contributed by atoms with Crippen LogP contribution in [0.1, 0.15) is 34.0 Å². The lowest BCUT2D eigenvalue weighted by Gasteiger charge is -2.04. The predicted octanol–water partition coefficient (Wildman–Crippen LogP) is 3.96. The standard InChI is InChI=1S/C21H21N3O3S/c1-13-4-7-18(10-14(13)2)20-23-24-21(27-20)28-12-19(26)17-8-5-16(6-9-17)11-22-15(3)25/h4-10H,11-12H2,1-3H3,(H,22,25). The van der Waals surface area contributed by atoms with Gasteiger partial charge in [-0.1, -0.05) is 42.1 Å². The number of hydrogen-bond acceptors (Lipinski definition) is 6. The zero-order valence-corrected chi connectivity index (χ0v) is 16.8. The van der Waals surface area contributed by atoms with E-state index in [4.69, 9.17) is 4.42 Å². The maximum atomic E-state index is 12.4. The van der Waals surface area contributed by atoms with Crippen LogP contribution < -0.4 is 5.32 Å². The zero-order chi connectivity index (χ0) is 20.1. The minimum Gasteiger partial charge on any atom is -0.411 e. The first-order chi connectivity index (χ1) is 13.4. The van der Waals surface area contributed by atoms with Crippen LogP contribution in [0.3, 0.4) is 0 Å². The molecule has 0 bridgehead atoms. The van der Waals surface area contributed by atoms with Crippen LogP contribution in [0.2, 0.25) is 0 Å². The summed E-state index contributed by atoms with van der Waals surface area (Å²) in [6, 6.07) is 13.1. The molecule has 28 heavy (non-hydrogen) atoms. The first kappa shape index (κ1) is 19.8. The van der Waals surface area contributed by atoms with E-state index in [0.29, 0.717) is 23.2 Å². The summed E-state index contributed by atoms with van der Waals surface area (Å²) in [5, 5.41) is 11.2. The molecule has 3 aromatic rings. The average molecular weight is 395 g/mol. The van der Waals surface area contributed by atoms with Crippen LogP contribution in [0.5, 0.6) is 0 Å². The van der Waals surface area contributed by atoms with Crippen LogP contribution in [0, 0.1) is 13.8 Å². The molecule has 1 amide bonds. The molecule has 1 N–H and O–H groups in total. The molecule has 0 saturated carbocycles. The normalized spacial score (nSPS) is 10.7. The molecule has 7 heteroatoms. The monoisotopic (exact) mass is 395 g/mol. The Morgan fingerprint density at radius 3 is 2.46 bits per heavy atom. The van der Waals surface area contributed by atoms with Crippen molar-refractivity contribution in [2.75, 3.05) is 5.75 Å². The number of thioether (sulfide) groups is 1. The van der Waals surface area contributed by atoms with E-state index in [1.807, 2.05) is 44.2 Å². The number of nitrogens with one attached hydrogen (secondary N) is 1. The summed E-state index contributed by atoms with van der Waals surface area (Å²) in [4.78, 5) is 23.3. The number of aromatic nitrogens is 2. The fraction of sp³-hybridized carbons (Fsp3) is 0.238. The van der Waals surface area contributed by atoms with Crippen LogP contribution in [-0.2, 0) is 11.3 Å². The molecule has 3 rings (SSSR count). The molecular weight excluding hydrogens is 374 g/mol. The number of nitrogens with zero attached hydrogens (tertiary/aromatic N) is 2. The van der Waals surface area contributed by atoms with Gasteiger partial charge < -0.3 is 9.73 Å². The highest BCUT2D eigenvalue weighted by atomic mass is 32.2. The second kappa shape index (κ2) is 8.84. The smallest absolute Gasteiger partial charge is 0.277 e. The van der Waals surface area contributed by atoms with E-state index >= 15 is 0 Å². The number of amides is 1. The van der Waals surface area contributed by atoms with Crippen molar-refractivity contribution < 1.29 is 14.0 Å². The predicted molar refractivity (Wildman–Crippen MR) is 108 cm³/mol. The largest absolute Gasteiger partial charge is 0.411 e. The third-order valence-corrected chi connectivity index (χ3v) is 5.12. The van der Waals surface area contributed by atoms with Crippen LogP contribution >= 0.6 is 11.8 Å². The fourth-order valence-corrected chi connectivity index (χ4v) is 3.16. The SMILES string of the molecule is CC(=O)NCc1ccc(C(=O)CSc2nnc(-c3ccc(C)c(C)c3)o2)cc1. The number of aryl methyl sites for hydroxylation is 2. The quantitative estimate of drug-likeness (QED) is 0.481. The van der Waals surface area contributed by atoms with Gasteiger partial charge in [0.2, 0.25) is 11.8 Å². The second-order valence-corrected chi connectivity index (χ2v) is 7.42. The molecule has 1 aromatic heterocycles. The first-order valence-corrected chi connectivity index (χ1v) is 9.81. The van der Waals surface area contributed by atoms with E-state index in [-0.39, 0.29) is 17.4 Å². The zero-order valence-electron chi connectivity index (χ0n) is 16.0. The molecule has 0 atom stereocenters. The van der Waals surface area contributed by atoms with E-state index in [9.17, 15) is 9.59 Å². The van der Waals surface area contributed by atoms with Crippen molar-refractivity contribution in [2.24, 2.45) is 0 Å². The lowest BCUT2D eigenvalue weighted by Crippen LogP contribution is -2.18. The van der Waals surface area contributed by atoms with Crippen molar-refractivity contribution >= 4 is 23.5 Å². The van der Waals surface area contributed by atoms with Crippen LogP contribution in [0.25, 0.3) is 11.5 Å². The lowest BCUT2D eigenvalue weighted by molar-refractivity contribution is -0.119. The number of ketones is 1. The van der Waals surface area contributed by atoms with E-state index in [1.54, 1.807) is 12.1 Å². The number of rotatable bonds is 7. The summed E-state index contributed by atoms with van der Waals surface area (Å²) in [5.41, 5.74) is 4.76. The molecule has 0 radical (unpaired) electrons. The van der Waals surface area contributed by atoms with Crippen molar-refractivity contribution in [3.63, 3.8) is 0 Å². The van der Waals surface area contributed by atoms with Crippen molar-refractivity contribution in [3.8, 4) is 11.5 Å². The van der Waals surface area contributed by atoms with Gasteiger partial charge in [0.15, 0.2) is 5.78 Å². The molecule has 2 aromatic carbocycles. The molecule has 0 aliphatic rings. The van der Waals surface area contributed by atoms with E-state index in [1.165, 1.54) is 24.2 Å². The van der Waals surface area contributed by atoms with Gasteiger partial charge in [0, 0.05) is 24.6 Å². The van der Waals surface area contributed by atoms with Gasteiger partial charge >= 0.3 is 0 Å². The Labute approximate surface area is 167 Å². The summed E-state index contributed by atoms with van der Waals surface area (Å²) in [6.45, 7) is 6.00. The van der Waals surface area contributed by atoms with Gasteiger partial charge in [0.05, 0.1) is 5.75 Å². The highest BCUT2D eigenvalue weighted by molar-refractivity contribution is 7.99. The van der Waals surface area contributed by atoms with Crippen LogP contribution in [0.4, 0.5) is 0 Å². The number of carbonyl (C=O) groups excluding carboxylic acids is 2. The topological polar surface area (TPSA) is 85.1 Å². The fourth-order valence-electron chi connectivity index (χ4n) is 2.50. The summed E-state index contributed by atoms with van der Waals surface area (Å²) < 4.78 is 5.67. The third kappa shape index (κ3) is 5.07. The third-order valence-electron chi connectivity index (χ3n) is 4.30. The number of benzene rings is 2. The van der Waals surface area contributed by atoms with Gasteiger partial charge in [-0.2, -0.15) is 0 Å². The molecule has 0 spiro atoms. The Morgan fingerprint density at radius 1 is 1.04 bits per heavy atom. The molecule has 0 unspecified atom stereocenters. The molecule has 0 aliphatic heterocycles. The Bertz CT molecular complexity index is 996. The van der Waals surface area contributed by atoms with Gasteiger partial charge in [-0.05, 0) is 42.7 Å². The maximum Gasteiger partial charge on any atom is 0.277 e. The molecule has 0 saturated heterocycles. The summed E-state index contributed by atoms with van der Waals surface area (Å²) in [6.07, 6.45) is 0. The van der Waals surface area contributed by atoms with E-state index in [2.05, 4.69) is 15.5 Å². The minimum absolute atomic E-state index is 0.0259. The van der Waals surface area contributed by atoms with Crippen LogP contribution in [-0.4, -0.2) is 27.6 Å². The molecule has 6 nitrogen and oxygen atoms in total. The van der Waals surface area contributed by atoms with E-state index < -0.39 is 0 Å². The Morgan fingerprint density at radius 2 is 1.79 bits per heavy atom. The molecule has 144 valence electrons. The van der Waals surface area contributed by atoms with Crippen molar-refractivity contribution in [2.45, 2.75) is 32.5 Å². The molecule has 0 aliphatic carbocycles. The van der Waals surface area contributed by atoms with Crippen LogP contribution in [0.15, 0.2) is 52.1 Å². The van der Waals surface area contributed by atoms with Crippen molar-refractivity contribution in [1.82, 2.24) is 15.5 Å². The van der Waals surface area contributed by atoms with Crippen molar-refractivity contribution in [1.29, 1.82) is 0 Å². The van der Waals surface area contributed by atoms with E-state index in [0.717, 1.165) is 16.7 Å². The van der Waals surface area contributed by atoms with Gasteiger partial charge in [0.25, 0.3) is 5.22 Å². The maximum absolute atomic E-state index is 12.4. The summed E-state index contributed by atoms with van der Waals surface area (Å²) >= 11 is 1.22. The number of carbonyl (C=O) groups is 2.